The molecule has 0 spiro atoms. The van der Waals surface area contributed by atoms with Crippen LogP contribution in [0.1, 0.15) is 81.6 Å². The predicted molar refractivity (Wildman–Crippen MR) is 179 cm³/mol. The molecule has 262 valence electrons. The number of alkyl carbamates (subject to hydrolysis) is 1. The molecule has 2 aliphatic carbocycles. The minimum atomic E-state index is -4.75. The maximum absolute atomic E-state index is 14.2. The minimum absolute atomic E-state index is 0.0415. The predicted octanol–water partition coefficient (Wildman–Crippen LogP) is 6.60. The van der Waals surface area contributed by atoms with E-state index in [2.05, 4.69) is 30.9 Å². The molecule has 5 rings (SSSR count). The van der Waals surface area contributed by atoms with Crippen LogP contribution in [0.4, 0.5) is 23.9 Å². The van der Waals surface area contributed by atoms with Crippen LogP contribution in [0.5, 0.6) is 0 Å². The second-order valence-corrected chi connectivity index (χ2v) is 17.5. The topological polar surface area (TPSA) is 158 Å². The standard InChI is InChI=1S/C33H44F3N6O5P/c1-32(2,3)47-31(45)39-15-18-6-8-19(9-7-18)40-20-10-11-21(14-20)41-30-38-17-25(33(34,35)36)26(42-30)24-16-37-27-22(24)12-13-23(29(43)44)28(27)48(4,5)46/h12-13,16-21,37,40H,6-11,14-15H2,1-5H3,(H,39,45)(H,43,44)(H,38,41,42)/t18?,19?,20-,21-/m0/s1. The molecule has 2 saturated carbocycles. The number of alkyl halides is 3. The van der Waals surface area contributed by atoms with Gasteiger partial charge in [-0.3, -0.25) is 0 Å². The quantitative estimate of drug-likeness (QED) is 0.156. The molecule has 2 aromatic heterocycles. The summed E-state index contributed by atoms with van der Waals surface area (Å²) in [4.78, 5) is 35.1. The average molecular weight is 693 g/mol. The van der Waals surface area contributed by atoms with Crippen molar-refractivity contribution in [1.29, 1.82) is 0 Å². The van der Waals surface area contributed by atoms with Gasteiger partial charge in [-0.2, -0.15) is 13.2 Å². The van der Waals surface area contributed by atoms with Gasteiger partial charge >= 0.3 is 18.2 Å². The summed E-state index contributed by atoms with van der Waals surface area (Å²) in [6.07, 6.45) is 3.38. The lowest BCUT2D eigenvalue weighted by atomic mass is 9.85. The van der Waals surface area contributed by atoms with Crippen LogP contribution in [0.3, 0.4) is 0 Å². The number of carbonyl (C=O) groups is 2. The highest BCUT2D eigenvalue weighted by molar-refractivity contribution is 7.70. The molecule has 2 aliphatic rings. The Morgan fingerprint density at radius 3 is 2.33 bits per heavy atom. The summed E-state index contributed by atoms with van der Waals surface area (Å²) in [5.41, 5.74) is -1.77. The Bertz CT molecular complexity index is 1710. The van der Waals surface area contributed by atoms with Gasteiger partial charge in [-0.1, -0.05) is 6.07 Å². The highest BCUT2D eigenvalue weighted by Gasteiger charge is 2.37. The van der Waals surface area contributed by atoms with Crippen LogP contribution in [0.15, 0.2) is 24.5 Å². The van der Waals surface area contributed by atoms with Crippen molar-refractivity contribution in [3.05, 3.63) is 35.7 Å². The second kappa shape index (κ2) is 13.7. The van der Waals surface area contributed by atoms with Gasteiger partial charge in [-0.25, -0.2) is 19.6 Å². The molecule has 0 bridgehead atoms. The van der Waals surface area contributed by atoms with E-state index in [0.29, 0.717) is 18.5 Å². The third kappa shape index (κ3) is 8.49. The van der Waals surface area contributed by atoms with E-state index >= 15 is 0 Å². The van der Waals surface area contributed by atoms with Crippen LogP contribution in [0.25, 0.3) is 22.2 Å². The number of aromatic carboxylic acids is 1. The number of rotatable bonds is 9. The van der Waals surface area contributed by atoms with Gasteiger partial charge in [-0.05, 0) is 91.0 Å². The normalized spacial score (nSPS) is 22.1. The first-order chi connectivity index (χ1) is 22.4. The van der Waals surface area contributed by atoms with Crippen molar-refractivity contribution in [3.63, 3.8) is 0 Å². The highest BCUT2D eigenvalue weighted by Crippen LogP contribution is 2.43. The van der Waals surface area contributed by atoms with Gasteiger partial charge in [0.15, 0.2) is 0 Å². The first kappa shape index (κ1) is 35.7. The molecule has 2 fully saturated rings. The molecule has 0 aliphatic heterocycles. The molecule has 48 heavy (non-hydrogen) atoms. The van der Waals surface area contributed by atoms with Crippen molar-refractivity contribution in [2.75, 3.05) is 25.2 Å². The molecule has 0 saturated heterocycles. The van der Waals surface area contributed by atoms with Crippen LogP contribution in [-0.2, 0) is 15.5 Å². The van der Waals surface area contributed by atoms with E-state index in [1.54, 1.807) is 0 Å². The molecule has 15 heteroatoms. The summed E-state index contributed by atoms with van der Waals surface area (Å²) < 4.78 is 61.0. The second-order valence-electron chi connectivity index (χ2n) is 14.3. The van der Waals surface area contributed by atoms with E-state index in [1.165, 1.54) is 31.7 Å². The Morgan fingerprint density at radius 2 is 1.71 bits per heavy atom. The van der Waals surface area contributed by atoms with Crippen molar-refractivity contribution < 1.29 is 37.2 Å². The third-order valence-electron chi connectivity index (χ3n) is 8.97. The van der Waals surface area contributed by atoms with E-state index < -0.39 is 36.5 Å². The number of nitrogens with zero attached hydrogens (tertiary/aromatic N) is 2. The molecule has 1 aromatic carbocycles. The molecule has 1 amide bonds. The number of aromatic nitrogens is 3. The smallest absolute Gasteiger partial charge is 0.419 e. The molecular weight excluding hydrogens is 648 g/mol. The van der Waals surface area contributed by atoms with E-state index in [4.69, 9.17) is 4.74 Å². The first-order valence-electron chi connectivity index (χ1n) is 16.3. The molecular formula is C33H44F3N6O5P. The average Bonchev–Trinajstić information content (AvgIpc) is 3.60. The fraction of sp³-hybridized carbons (Fsp3) is 0.576. The number of amides is 1. The van der Waals surface area contributed by atoms with Crippen LogP contribution < -0.4 is 21.3 Å². The molecule has 0 radical (unpaired) electrons. The zero-order valence-electron chi connectivity index (χ0n) is 27.8. The number of halogens is 3. The summed E-state index contributed by atoms with van der Waals surface area (Å²) in [7, 11) is -3.15. The zero-order chi connectivity index (χ0) is 35.0. The molecule has 0 unspecified atom stereocenters. The van der Waals surface area contributed by atoms with Crippen molar-refractivity contribution >= 4 is 41.4 Å². The Balaban J connectivity index is 1.25. The van der Waals surface area contributed by atoms with Crippen LogP contribution in [0.2, 0.25) is 0 Å². The fourth-order valence-electron chi connectivity index (χ4n) is 6.83. The van der Waals surface area contributed by atoms with Crippen LogP contribution in [0, 0.1) is 5.92 Å². The number of nitrogens with one attached hydrogen (secondary N) is 4. The van der Waals surface area contributed by atoms with Crippen molar-refractivity contribution in [2.24, 2.45) is 5.92 Å². The first-order valence-corrected chi connectivity index (χ1v) is 18.9. The number of H-pyrrole nitrogens is 1. The van der Waals surface area contributed by atoms with Crippen molar-refractivity contribution in [1.82, 2.24) is 25.6 Å². The molecule has 11 nitrogen and oxygen atoms in total. The Morgan fingerprint density at radius 1 is 1.04 bits per heavy atom. The number of anilines is 1. The highest BCUT2D eigenvalue weighted by atomic mass is 31.2. The fourth-order valence-corrected chi connectivity index (χ4v) is 8.30. The lowest BCUT2D eigenvalue weighted by Crippen LogP contribution is -2.42. The third-order valence-corrected chi connectivity index (χ3v) is 10.5. The van der Waals surface area contributed by atoms with E-state index in [0.717, 1.165) is 51.1 Å². The molecule has 2 heterocycles. The van der Waals surface area contributed by atoms with Gasteiger partial charge in [0.2, 0.25) is 5.95 Å². The van der Waals surface area contributed by atoms with Gasteiger partial charge in [-0.15, -0.1) is 0 Å². The Hall–Kier alpha value is -3.64. The summed E-state index contributed by atoms with van der Waals surface area (Å²) in [5.74, 6) is -0.813. The number of carboxylic acid groups (broad SMARTS) is 1. The number of ether oxygens (including phenoxy) is 1. The minimum Gasteiger partial charge on any atom is -0.478 e. The van der Waals surface area contributed by atoms with Gasteiger partial charge in [0.1, 0.15) is 18.3 Å². The number of carboxylic acids is 1. The summed E-state index contributed by atoms with van der Waals surface area (Å²) >= 11 is 0. The van der Waals surface area contributed by atoms with Gasteiger partial charge < -0.3 is 35.3 Å². The number of benzene rings is 1. The summed E-state index contributed by atoms with van der Waals surface area (Å²) in [5, 5.41) is 19.9. The Labute approximate surface area is 277 Å². The van der Waals surface area contributed by atoms with Crippen LogP contribution in [-0.4, -0.2) is 75.7 Å². The maximum atomic E-state index is 14.2. The number of aromatic amines is 1. The van der Waals surface area contributed by atoms with Crippen LogP contribution >= 0.6 is 7.14 Å². The lowest BCUT2D eigenvalue weighted by Gasteiger charge is -2.31. The summed E-state index contributed by atoms with van der Waals surface area (Å²) in [6, 6.07) is 3.24. The van der Waals surface area contributed by atoms with E-state index in [9.17, 15) is 32.4 Å². The van der Waals surface area contributed by atoms with E-state index in [-0.39, 0.29) is 51.1 Å². The number of hydrogen-bond donors (Lipinski definition) is 5. The van der Waals surface area contributed by atoms with Gasteiger partial charge in [0.25, 0.3) is 0 Å². The van der Waals surface area contributed by atoms with Crippen molar-refractivity contribution in [3.8, 4) is 11.3 Å². The molecule has 2 atom stereocenters. The monoisotopic (exact) mass is 692 g/mol. The largest absolute Gasteiger partial charge is 0.478 e. The SMILES string of the molecule is CC(C)(C)OC(=O)NCC1CCC(N[C@H]2CC[C@H](Nc3ncc(C(F)(F)F)c(-c4c[nH]c5c(P(C)(C)=O)c(C(=O)O)ccc45)n3)C2)CC1. The molecule has 3 aromatic rings. The maximum Gasteiger partial charge on any atom is 0.419 e. The lowest BCUT2D eigenvalue weighted by molar-refractivity contribution is -0.137. The van der Waals surface area contributed by atoms with Gasteiger partial charge in [0.05, 0.1) is 16.8 Å². The number of fused-ring (bicyclic) bond motifs is 1. The summed E-state index contributed by atoms with van der Waals surface area (Å²) in [6.45, 7) is 8.93. The van der Waals surface area contributed by atoms with E-state index in [1.807, 2.05) is 20.8 Å². The zero-order valence-corrected chi connectivity index (χ0v) is 28.7. The van der Waals surface area contributed by atoms with Gasteiger partial charge in [0, 0.05) is 53.3 Å². The number of carbonyl (C=O) groups excluding carboxylic acids is 1. The molecule has 5 N–H and O–H groups in total. The Kier molecular flexibility index (Phi) is 10.2. The number of hydrogen-bond acceptors (Lipinski definition) is 8. The van der Waals surface area contributed by atoms with Crippen molar-refractivity contribution in [2.45, 2.75) is 95.6 Å².